The molecule has 0 spiro atoms. The van der Waals surface area contributed by atoms with Crippen LogP contribution in [0.2, 0.25) is 0 Å². The van der Waals surface area contributed by atoms with E-state index in [2.05, 4.69) is 31.3 Å². The molecule has 21 heavy (non-hydrogen) atoms. The van der Waals surface area contributed by atoms with Gasteiger partial charge in [-0.2, -0.15) is 0 Å². The van der Waals surface area contributed by atoms with Gasteiger partial charge in [0.05, 0.1) is 0 Å². The van der Waals surface area contributed by atoms with Crippen LogP contribution in [0.3, 0.4) is 0 Å². The predicted octanol–water partition coefficient (Wildman–Crippen LogP) is 4.67. The van der Waals surface area contributed by atoms with Gasteiger partial charge in [-0.3, -0.25) is 0 Å². The summed E-state index contributed by atoms with van der Waals surface area (Å²) < 4.78 is 14.5. The minimum Gasteiger partial charge on any atom is -0.310 e. The molecule has 2 heteroatoms. The number of hydrogen-bond acceptors (Lipinski definition) is 1. The maximum Gasteiger partial charge on any atom is 0.131 e. The van der Waals surface area contributed by atoms with Crippen molar-refractivity contribution in [2.75, 3.05) is 0 Å². The van der Waals surface area contributed by atoms with Crippen molar-refractivity contribution in [3.05, 3.63) is 58.4 Å². The van der Waals surface area contributed by atoms with Gasteiger partial charge in [-0.1, -0.05) is 24.3 Å². The zero-order chi connectivity index (χ0) is 15.0. The molecule has 0 heterocycles. The van der Waals surface area contributed by atoms with Gasteiger partial charge in [-0.15, -0.1) is 0 Å². The van der Waals surface area contributed by atoms with Crippen LogP contribution >= 0.6 is 0 Å². The summed E-state index contributed by atoms with van der Waals surface area (Å²) in [7, 11) is 0. The van der Waals surface area contributed by atoms with Crippen molar-refractivity contribution in [2.24, 2.45) is 0 Å². The van der Waals surface area contributed by atoms with Crippen LogP contribution in [0.15, 0.2) is 30.3 Å². The SMILES string of the molecule is Cc1cc(C)c(-c2ccc(CNC3CC3)cc2F)cc1C. The lowest BCUT2D eigenvalue weighted by Crippen LogP contribution is -2.15. The molecule has 2 aromatic carbocycles. The van der Waals surface area contributed by atoms with Crippen LogP contribution in [-0.2, 0) is 6.54 Å². The van der Waals surface area contributed by atoms with Gasteiger partial charge >= 0.3 is 0 Å². The average molecular weight is 283 g/mol. The predicted molar refractivity (Wildman–Crippen MR) is 85.9 cm³/mol. The number of nitrogens with one attached hydrogen (secondary N) is 1. The van der Waals surface area contributed by atoms with Gasteiger partial charge in [0, 0.05) is 18.2 Å². The van der Waals surface area contributed by atoms with E-state index in [0.29, 0.717) is 11.6 Å². The van der Waals surface area contributed by atoms with Crippen molar-refractivity contribution >= 4 is 0 Å². The van der Waals surface area contributed by atoms with E-state index in [1.165, 1.54) is 24.0 Å². The highest BCUT2D eigenvalue weighted by molar-refractivity contribution is 5.69. The van der Waals surface area contributed by atoms with Crippen LogP contribution in [0.1, 0.15) is 35.1 Å². The summed E-state index contributed by atoms with van der Waals surface area (Å²) in [5.74, 6) is -0.128. The molecule has 0 amide bonds. The van der Waals surface area contributed by atoms with E-state index in [9.17, 15) is 4.39 Å². The number of aryl methyl sites for hydroxylation is 3. The van der Waals surface area contributed by atoms with Crippen molar-refractivity contribution in [3.8, 4) is 11.1 Å². The highest BCUT2D eigenvalue weighted by Crippen LogP contribution is 2.29. The van der Waals surface area contributed by atoms with Crippen LogP contribution in [0.25, 0.3) is 11.1 Å². The van der Waals surface area contributed by atoms with Crippen molar-refractivity contribution in [1.29, 1.82) is 0 Å². The summed E-state index contributed by atoms with van der Waals surface area (Å²) in [5.41, 5.74) is 6.30. The molecule has 1 nitrogen and oxygen atoms in total. The Balaban J connectivity index is 1.89. The Hall–Kier alpha value is -1.67. The molecule has 0 aliphatic heterocycles. The standard InChI is InChI=1S/C19H22FN/c1-12-8-14(3)18(9-13(12)2)17-7-4-15(10-19(17)20)11-21-16-5-6-16/h4,7-10,16,21H,5-6,11H2,1-3H3. The Morgan fingerprint density at radius 2 is 1.67 bits per heavy atom. The minimum atomic E-state index is -0.128. The quantitative estimate of drug-likeness (QED) is 0.859. The Labute approximate surface area is 126 Å². The highest BCUT2D eigenvalue weighted by Gasteiger charge is 2.20. The Morgan fingerprint density at radius 1 is 0.952 bits per heavy atom. The first-order valence-electron chi connectivity index (χ1n) is 7.64. The van der Waals surface area contributed by atoms with Gasteiger partial charge in [0.25, 0.3) is 0 Å². The van der Waals surface area contributed by atoms with Crippen molar-refractivity contribution in [2.45, 2.75) is 46.2 Å². The fraction of sp³-hybridized carbons (Fsp3) is 0.368. The summed E-state index contributed by atoms with van der Waals surface area (Å²) in [6.07, 6.45) is 2.50. The van der Waals surface area contributed by atoms with Gasteiger partial charge in [0.15, 0.2) is 0 Å². The summed E-state index contributed by atoms with van der Waals surface area (Å²) in [4.78, 5) is 0. The second-order valence-electron chi connectivity index (χ2n) is 6.22. The van der Waals surface area contributed by atoms with E-state index in [1.54, 1.807) is 6.07 Å². The molecule has 0 saturated heterocycles. The molecule has 0 bridgehead atoms. The highest BCUT2D eigenvalue weighted by atomic mass is 19.1. The van der Waals surface area contributed by atoms with Crippen LogP contribution < -0.4 is 5.32 Å². The third kappa shape index (κ3) is 3.16. The molecule has 1 saturated carbocycles. The molecule has 1 aliphatic rings. The molecule has 1 fully saturated rings. The van der Waals surface area contributed by atoms with Crippen LogP contribution in [0.4, 0.5) is 4.39 Å². The second-order valence-corrected chi connectivity index (χ2v) is 6.22. The monoisotopic (exact) mass is 283 g/mol. The van der Waals surface area contributed by atoms with Gasteiger partial charge in [0.2, 0.25) is 0 Å². The molecule has 0 unspecified atom stereocenters. The topological polar surface area (TPSA) is 12.0 Å². The molecule has 1 aliphatic carbocycles. The van der Waals surface area contributed by atoms with E-state index in [4.69, 9.17) is 0 Å². The van der Waals surface area contributed by atoms with Crippen LogP contribution in [0.5, 0.6) is 0 Å². The number of hydrogen-bond donors (Lipinski definition) is 1. The summed E-state index contributed by atoms with van der Waals surface area (Å²) >= 11 is 0. The van der Waals surface area contributed by atoms with Crippen LogP contribution in [0, 0.1) is 26.6 Å². The van der Waals surface area contributed by atoms with E-state index < -0.39 is 0 Å². The first-order chi connectivity index (χ1) is 10.0. The molecular weight excluding hydrogens is 261 g/mol. The molecule has 0 radical (unpaired) electrons. The molecule has 3 rings (SSSR count). The fourth-order valence-corrected chi connectivity index (χ4v) is 2.69. The number of benzene rings is 2. The average Bonchev–Trinajstić information content (AvgIpc) is 3.25. The molecule has 110 valence electrons. The zero-order valence-corrected chi connectivity index (χ0v) is 13.0. The summed E-state index contributed by atoms with van der Waals surface area (Å²) in [6, 6.07) is 10.5. The number of rotatable bonds is 4. The van der Waals surface area contributed by atoms with Crippen LogP contribution in [-0.4, -0.2) is 6.04 Å². The minimum absolute atomic E-state index is 0.128. The summed E-state index contributed by atoms with van der Waals surface area (Å²) in [6.45, 7) is 6.97. The fourth-order valence-electron chi connectivity index (χ4n) is 2.69. The van der Waals surface area contributed by atoms with Crippen molar-refractivity contribution < 1.29 is 4.39 Å². The van der Waals surface area contributed by atoms with Gasteiger partial charge in [0.1, 0.15) is 5.82 Å². The smallest absolute Gasteiger partial charge is 0.131 e. The second kappa shape index (κ2) is 5.61. The molecule has 0 atom stereocenters. The van der Waals surface area contributed by atoms with E-state index in [1.807, 2.05) is 19.1 Å². The largest absolute Gasteiger partial charge is 0.310 e. The third-order valence-electron chi connectivity index (χ3n) is 4.34. The number of halogens is 1. The zero-order valence-electron chi connectivity index (χ0n) is 13.0. The Kier molecular flexibility index (Phi) is 3.81. The third-order valence-corrected chi connectivity index (χ3v) is 4.34. The summed E-state index contributed by atoms with van der Waals surface area (Å²) in [5, 5.41) is 3.42. The van der Waals surface area contributed by atoms with Crippen molar-refractivity contribution in [1.82, 2.24) is 5.32 Å². The Bertz CT molecular complexity index is 672. The lowest BCUT2D eigenvalue weighted by Gasteiger charge is -2.12. The van der Waals surface area contributed by atoms with Gasteiger partial charge in [-0.05, 0) is 67.5 Å². The van der Waals surface area contributed by atoms with Crippen molar-refractivity contribution in [3.63, 3.8) is 0 Å². The van der Waals surface area contributed by atoms with E-state index in [-0.39, 0.29) is 5.82 Å². The van der Waals surface area contributed by atoms with Gasteiger partial charge < -0.3 is 5.32 Å². The molecule has 1 N–H and O–H groups in total. The lowest BCUT2D eigenvalue weighted by atomic mass is 9.94. The maximum absolute atomic E-state index is 14.5. The van der Waals surface area contributed by atoms with E-state index in [0.717, 1.165) is 23.2 Å². The molecule has 2 aromatic rings. The molecule has 0 aromatic heterocycles. The Morgan fingerprint density at radius 3 is 2.33 bits per heavy atom. The molecular formula is C19H22FN. The van der Waals surface area contributed by atoms with E-state index >= 15 is 0 Å². The van der Waals surface area contributed by atoms with Gasteiger partial charge in [-0.25, -0.2) is 4.39 Å². The lowest BCUT2D eigenvalue weighted by molar-refractivity contribution is 0.623. The maximum atomic E-state index is 14.5. The first-order valence-corrected chi connectivity index (χ1v) is 7.64. The normalized spacial score (nSPS) is 14.5. The first kappa shape index (κ1) is 14.3.